The van der Waals surface area contributed by atoms with E-state index in [0.29, 0.717) is 23.7 Å². The van der Waals surface area contributed by atoms with Gasteiger partial charge in [-0.3, -0.25) is 9.59 Å². The second kappa shape index (κ2) is 8.49. The van der Waals surface area contributed by atoms with Crippen LogP contribution in [0, 0.1) is 6.92 Å². The van der Waals surface area contributed by atoms with Crippen molar-refractivity contribution in [3.05, 3.63) is 83.6 Å². The summed E-state index contributed by atoms with van der Waals surface area (Å²) in [7, 11) is 0. The molecule has 0 spiro atoms. The number of anilines is 1. The second-order valence-corrected chi connectivity index (χ2v) is 7.93. The summed E-state index contributed by atoms with van der Waals surface area (Å²) in [6.45, 7) is 2.82. The zero-order chi connectivity index (χ0) is 20.2. The van der Waals surface area contributed by atoms with Gasteiger partial charge in [0.1, 0.15) is 5.03 Å². The summed E-state index contributed by atoms with van der Waals surface area (Å²) in [6.07, 6.45) is 1.92. The molecule has 29 heavy (non-hydrogen) atoms. The van der Waals surface area contributed by atoms with Crippen LogP contribution in [-0.2, 0) is 11.3 Å². The molecule has 1 aliphatic rings. The van der Waals surface area contributed by atoms with Crippen LogP contribution in [0.15, 0.2) is 76.8 Å². The lowest BCUT2D eigenvalue weighted by atomic mass is 10.1. The quantitative estimate of drug-likeness (QED) is 0.693. The van der Waals surface area contributed by atoms with Gasteiger partial charge in [0.2, 0.25) is 5.91 Å². The molecular formula is C23H21N3O2S. The number of aromatic nitrogens is 1. The van der Waals surface area contributed by atoms with Gasteiger partial charge in [-0.2, -0.15) is 0 Å². The molecule has 1 aromatic heterocycles. The van der Waals surface area contributed by atoms with E-state index in [9.17, 15) is 9.59 Å². The van der Waals surface area contributed by atoms with Gasteiger partial charge in [0, 0.05) is 30.6 Å². The van der Waals surface area contributed by atoms with E-state index in [2.05, 4.69) is 10.3 Å². The molecule has 0 saturated carbocycles. The van der Waals surface area contributed by atoms with E-state index in [-0.39, 0.29) is 18.2 Å². The van der Waals surface area contributed by atoms with Crippen molar-refractivity contribution in [2.75, 3.05) is 11.4 Å². The topological polar surface area (TPSA) is 62.3 Å². The van der Waals surface area contributed by atoms with Crippen LogP contribution in [-0.4, -0.2) is 23.3 Å². The summed E-state index contributed by atoms with van der Waals surface area (Å²) < 4.78 is 0. The number of carbonyl (C=O) groups excluding carboxylic acids is 2. The average molecular weight is 404 g/mol. The first-order chi connectivity index (χ1) is 14.1. The maximum Gasteiger partial charge on any atom is 0.261 e. The molecule has 1 aliphatic heterocycles. The lowest BCUT2D eigenvalue weighted by Gasteiger charge is -2.22. The van der Waals surface area contributed by atoms with Crippen molar-refractivity contribution in [1.29, 1.82) is 0 Å². The molecule has 6 heteroatoms. The fourth-order valence-corrected chi connectivity index (χ4v) is 4.21. The third kappa shape index (κ3) is 4.32. The molecule has 0 aliphatic carbocycles. The van der Waals surface area contributed by atoms with Crippen LogP contribution >= 0.6 is 11.8 Å². The van der Waals surface area contributed by atoms with Gasteiger partial charge in [0.25, 0.3) is 5.91 Å². The summed E-state index contributed by atoms with van der Waals surface area (Å²) in [4.78, 5) is 32.6. The van der Waals surface area contributed by atoms with Gasteiger partial charge in [-0.05, 0) is 36.8 Å². The van der Waals surface area contributed by atoms with Crippen LogP contribution in [0.5, 0.6) is 0 Å². The highest BCUT2D eigenvalue weighted by molar-refractivity contribution is 7.99. The van der Waals surface area contributed by atoms with E-state index < -0.39 is 0 Å². The predicted octanol–water partition coefficient (Wildman–Crippen LogP) is 4.21. The van der Waals surface area contributed by atoms with Gasteiger partial charge in [0.15, 0.2) is 0 Å². The van der Waals surface area contributed by atoms with Gasteiger partial charge in [-0.25, -0.2) is 4.98 Å². The highest BCUT2D eigenvalue weighted by atomic mass is 32.2. The zero-order valence-electron chi connectivity index (χ0n) is 16.1. The number of benzene rings is 2. The number of nitrogens with zero attached hydrogens (tertiary/aromatic N) is 2. The second-order valence-electron chi connectivity index (χ2n) is 6.90. The lowest BCUT2D eigenvalue weighted by molar-refractivity contribution is -0.121. The van der Waals surface area contributed by atoms with Crippen molar-refractivity contribution in [2.45, 2.75) is 29.8 Å². The van der Waals surface area contributed by atoms with E-state index in [4.69, 9.17) is 0 Å². The van der Waals surface area contributed by atoms with Gasteiger partial charge in [0.05, 0.1) is 11.3 Å². The maximum absolute atomic E-state index is 13.2. The molecule has 4 rings (SSSR count). The molecule has 2 aromatic carbocycles. The number of rotatable bonds is 5. The van der Waals surface area contributed by atoms with Crippen LogP contribution in [0.2, 0.25) is 0 Å². The first-order valence-corrected chi connectivity index (χ1v) is 10.3. The highest BCUT2D eigenvalue weighted by Gasteiger charge is 2.27. The Bertz CT molecular complexity index is 1050. The van der Waals surface area contributed by atoms with E-state index in [1.807, 2.05) is 55.5 Å². The monoisotopic (exact) mass is 403 g/mol. The van der Waals surface area contributed by atoms with Crippen molar-refractivity contribution >= 4 is 29.3 Å². The minimum absolute atomic E-state index is 0.0841. The van der Waals surface area contributed by atoms with Crippen LogP contribution in [0.25, 0.3) is 0 Å². The van der Waals surface area contributed by atoms with Crippen molar-refractivity contribution in [1.82, 2.24) is 10.3 Å². The third-order valence-corrected chi connectivity index (χ3v) is 5.87. The molecule has 146 valence electrons. The van der Waals surface area contributed by atoms with Gasteiger partial charge in [-0.15, -0.1) is 0 Å². The van der Waals surface area contributed by atoms with E-state index >= 15 is 0 Å². The molecule has 1 N–H and O–H groups in total. The molecular weight excluding hydrogens is 382 g/mol. The number of pyridine rings is 1. The van der Waals surface area contributed by atoms with Gasteiger partial charge < -0.3 is 10.2 Å². The summed E-state index contributed by atoms with van der Waals surface area (Å²) in [5.74, 6) is -0.212. The molecule has 5 nitrogen and oxygen atoms in total. The lowest BCUT2D eigenvalue weighted by Crippen LogP contribution is -2.35. The number of hydrogen-bond donors (Lipinski definition) is 1. The first kappa shape index (κ1) is 19.2. The Morgan fingerprint density at radius 2 is 1.86 bits per heavy atom. The van der Waals surface area contributed by atoms with Gasteiger partial charge >= 0.3 is 0 Å². The molecule has 0 saturated heterocycles. The standard InChI is InChI=1S/C23H21N3O2S/c1-16-8-10-17(11-9-16)15-25-21(27)12-14-26-19-6-2-3-7-20(19)29-22-18(23(26)28)5-4-13-24-22/h2-11,13H,12,14-15H2,1H3,(H,25,27). The average Bonchev–Trinajstić information content (AvgIpc) is 2.86. The summed E-state index contributed by atoms with van der Waals surface area (Å²) in [5.41, 5.74) is 3.61. The van der Waals surface area contributed by atoms with Crippen LogP contribution in [0.1, 0.15) is 27.9 Å². The molecule has 0 fully saturated rings. The van der Waals surface area contributed by atoms with E-state index in [0.717, 1.165) is 16.1 Å². The summed E-state index contributed by atoms with van der Waals surface area (Å²) in [5, 5.41) is 3.63. The highest BCUT2D eigenvalue weighted by Crippen LogP contribution is 2.40. The van der Waals surface area contributed by atoms with Crippen LogP contribution in [0.4, 0.5) is 5.69 Å². The number of fused-ring (bicyclic) bond motifs is 2. The molecule has 3 aromatic rings. The van der Waals surface area contributed by atoms with E-state index in [1.165, 1.54) is 17.3 Å². The smallest absolute Gasteiger partial charge is 0.261 e. The Balaban J connectivity index is 1.47. The van der Waals surface area contributed by atoms with E-state index in [1.54, 1.807) is 23.2 Å². The summed E-state index contributed by atoms with van der Waals surface area (Å²) >= 11 is 1.48. The zero-order valence-corrected chi connectivity index (χ0v) is 16.9. The maximum atomic E-state index is 13.2. The van der Waals surface area contributed by atoms with Crippen molar-refractivity contribution in [3.8, 4) is 0 Å². The normalized spacial score (nSPS) is 12.7. The number of para-hydroxylation sites is 1. The Morgan fingerprint density at radius 3 is 2.69 bits per heavy atom. The number of hydrogen-bond acceptors (Lipinski definition) is 4. The largest absolute Gasteiger partial charge is 0.352 e. The molecule has 0 radical (unpaired) electrons. The fourth-order valence-electron chi connectivity index (χ4n) is 3.19. The first-order valence-electron chi connectivity index (χ1n) is 9.48. The van der Waals surface area contributed by atoms with Crippen LogP contribution in [0.3, 0.4) is 0 Å². The Morgan fingerprint density at radius 1 is 1.07 bits per heavy atom. The third-order valence-electron chi connectivity index (χ3n) is 4.78. The van der Waals surface area contributed by atoms with Crippen molar-refractivity contribution in [2.24, 2.45) is 0 Å². The van der Waals surface area contributed by atoms with Crippen molar-refractivity contribution in [3.63, 3.8) is 0 Å². The Labute approximate surface area is 174 Å². The predicted molar refractivity (Wildman–Crippen MR) is 114 cm³/mol. The SMILES string of the molecule is Cc1ccc(CNC(=O)CCN2C(=O)c3cccnc3Sc3ccccc32)cc1. The minimum Gasteiger partial charge on any atom is -0.352 e. The van der Waals surface area contributed by atoms with Crippen LogP contribution < -0.4 is 10.2 Å². The molecule has 0 bridgehead atoms. The molecule has 0 unspecified atom stereocenters. The number of nitrogens with one attached hydrogen (secondary N) is 1. The molecule has 0 atom stereocenters. The molecule has 2 amide bonds. The Hall–Kier alpha value is -3.12. The minimum atomic E-state index is -0.128. The Kier molecular flexibility index (Phi) is 5.62. The molecule has 2 heterocycles. The number of amides is 2. The number of carbonyl (C=O) groups is 2. The number of aryl methyl sites for hydroxylation is 1. The van der Waals surface area contributed by atoms with Crippen molar-refractivity contribution < 1.29 is 9.59 Å². The summed E-state index contributed by atoms with van der Waals surface area (Å²) in [6, 6.07) is 19.3. The fraction of sp³-hybridized carbons (Fsp3) is 0.174. The van der Waals surface area contributed by atoms with Gasteiger partial charge in [-0.1, -0.05) is 53.7 Å².